The molecule has 1 aromatic carbocycles. The Kier molecular flexibility index (Phi) is 5.11. The molecule has 1 amide bonds. The van der Waals surface area contributed by atoms with Gasteiger partial charge < -0.3 is 10.4 Å². The Bertz CT molecular complexity index is 478. The number of carbonyl (C=O) groups is 2. The van der Waals surface area contributed by atoms with Crippen LogP contribution in [0.2, 0.25) is 0 Å². The Labute approximate surface area is 106 Å². The Morgan fingerprint density at radius 2 is 1.94 bits per heavy atom. The first-order valence-electron chi connectivity index (χ1n) is 5.74. The molecule has 0 saturated carbocycles. The van der Waals surface area contributed by atoms with E-state index in [9.17, 15) is 9.59 Å². The standard InChI is InChI=1S/C14H17NO3/c1-10-3-4-12(9-11(10)2)7-8-15-13(16)5-6-14(17)18/h3-6,9H,7-8H2,1-2H3,(H,15,16)(H,17,18)/b6-5+. The van der Waals surface area contributed by atoms with Crippen molar-refractivity contribution in [3.63, 3.8) is 0 Å². The minimum absolute atomic E-state index is 0.388. The highest BCUT2D eigenvalue weighted by atomic mass is 16.4. The highest BCUT2D eigenvalue weighted by molar-refractivity contribution is 5.93. The van der Waals surface area contributed by atoms with Crippen LogP contribution in [0, 0.1) is 13.8 Å². The third kappa shape index (κ3) is 4.82. The molecule has 0 aliphatic carbocycles. The van der Waals surface area contributed by atoms with E-state index in [1.54, 1.807) is 0 Å². The number of hydrogen-bond acceptors (Lipinski definition) is 2. The lowest BCUT2D eigenvalue weighted by molar-refractivity contribution is -0.131. The summed E-state index contributed by atoms with van der Waals surface area (Å²) >= 11 is 0. The second-order valence-corrected chi connectivity index (χ2v) is 4.13. The fraction of sp³-hybridized carbons (Fsp3) is 0.286. The Hall–Kier alpha value is -2.10. The second-order valence-electron chi connectivity index (χ2n) is 4.13. The molecule has 0 fully saturated rings. The molecule has 2 N–H and O–H groups in total. The lowest BCUT2D eigenvalue weighted by Crippen LogP contribution is -2.23. The lowest BCUT2D eigenvalue weighted by Gasteiger charge is -2.05. The van der Waals surface area contributed by atoms with Crippen molar-refractivity contribution < 1.29 is 14.7 Å². The van der Waals surface area contributed by atoms with Gasteiger partial charge in [-0.2, -0.15) is 0 Å². The number of nitrogens with one attached hydrogen (secondary N) is 1. The number of carbonyl (C=O) groups excluding carboxylic acids is 1. The number of aliphatic carboxylic acids is 1. The molecule has 1 aromatic rings. The van der Waals surface area contributed by atoms with E-state index in [2.05, 4.69) is 24.4 Å². The second kappa shape index (κ2) is 6.59. The quantitative estimate of drug-likeness (QED) is 0.777. The molecule has 0 atom stereocenters. The van der Waals surface area contributed by atoms with Crippen LogP contribution in [0.15, 0.2) is 30.4 Å². The van der Waals surface area contributed by atoms with E-state index in [-0.39, 0.29) is 5.91 Å². The molecule has 96 valence electrons. The van der Waals surface area contributed by atoms with Crippen molar-refractivity contribution in [3.05, 3.63) is 47.0 Å². The van der Waals surface area contributed by atoms with Crippen molar-refractivity contribution in [1.82, 2.24) is 5.32 Å². The van der Waals surface area contributed by atoms with E-state index in [4.69, 9.17) is 5.11 Å². The van der Waals surface area contributed by atoms with Crippen LogP contribution in [-0.2, 0) is 16.0 Å². The van der Waals surface area contributed by atoms with Gasteiger partial charge in [0.1, 0.15) is 0 Å². The summed E-state index contributed by atoms with van der Waals surface area (Å²) in [5, 5.41) is 11.0. The number of rotatable bonds is 5. The van der Waals surface area contributed by atoms with E-state index in [0.717, 1.165) is 24.1 Å². The first kappa shape index (κ1) is 14.0. The minimum atomic E-state index is -1.13. The van der Waals surface area contributed by atoms with E-state index >= 15 is 0 Å². The zero-order valence-corrected chi connectivity index (χ0v) is 10.6. The van der Waals surface area contributed by atoms with Crippen LogP contribution in [0.1, 0.15) is 16.7 Å². The van der Waals surface area contributed by atoms with Gasteiger partial charge in [-0.3, -0.25) is 4.79 Å². The van der Waals surface area contributed by atoms with E-state index in [0.29, 0.717) is 6.54 Å². The van der Waals surface area contributed by atoms with Crippen LogP contribution in [0.25, 0.3) is 0 Å². The molecule has 18 heavy (non-hydrogen) atoms. The minimum Gasteiger partial charge on any atom is -0.478 e. The molecule has 0 aliphatic heterocycles. The number of hydrogen-bond donors (Lipinski definition) is 2. The Balaban J connectivity index is 2.39. The summed E-state index contributed by atoms with van der Waals surface area (Å²) < 4.78 is 0. The molecule has 4 heteroatoms. The summed E-state index contributed by atoms with van der Waals surface area (Å²) in [6, 6.07) is 6.17. The molecule has 0 aromatic heterocycles. The predicted molar refractivity (Wildman–Crippen MR) is 69.4 cm³/mol. The largest absolute Gasteiger partial charge is 0.478 e. The summed E-state index contributed by atoms with van der Waals surface area (Å²) in [5.41, 5.74) is 3.62. The van der Waals surface area contributed by atoms with Gasteiger partial charge in [-0.15, -0.1) is 0 Å². The van der Waals surface area contributed by atoms with Crippen LogP contribution < -0.4 is 5.32 Å². The summed E-state index contributed by atoms with van der Waals surface area (Å²) in [6.45, 7) is 4.59. The average molecular weight is 247 g/mol. The molecule has 0 heterocycles. The zero-order valence-electron chi connectivity index (χ0n) is 10.6. The number of aryl methyl sites for hydroxylation is 2. The van der Waals surface area contributed by atoms with Gasteiger partial charge in [0, 0.05) is 18.7 Å². The summed E-state index contributed by atoms with van der Waals surface area (Å²) in [5.74, 6) is -1.51. The van der Waals surface area contributed by atoms with E-state index in [1.807, 2.05) is 13.0 Å². The first-order valence-corrected chi connectivity index (χ1v) is 5.74. The van der Waals surface area contributed by atoms with Crippen LogP contribution >= 0.6 is 0 Å². The smallest absolute Gasteiger partial charge is 0.328 e. The van der Waals surface area contributed by atoms with Gasteiger partial charge in [0.05, 0.1) is 0 Å². The van der Waals surface area contributed by atoms with Gasteiger partial charge in [0.2, 0.25) is 5.91 Å². The molecule has 0 saturated heterocycles. The van der Waals surface area contributed by atoms with Crippen molar-refractivity contribution in [1.29, 1.82) is 0 Å². The fourth-order valence-electron chi connectivity index (χ4n) is 1.49. The third-order valence-corrected chi connectivity index (χ3v) is 2.66. The van der Waals surface area contributed by atoms with E-state index < -0.39 is 5.97 Å². The summed E-state index contributed by atoms with van der Waals surface area (Å²) in [7, 11) is 0. The molecule has 0 unspecified atom stereocenters. The maximum atomic E-state index is 11.2. The zero-order chi connectivity index (χ0) is 13.5. The van der Waals surface area contributed by atoms with Crippen molar-refractivity contribution in [3.8, 4) is 0 Å². The maximum absolute atomic E-state index is 11.2. The SMILES string of the molecule is Cc1ccc(CCNC(=O)/C=C/C(=O)O)cc1C. The lowest BCUT2D eigenvalue weighted by atomic mass is 10.0. The summed E-state index contributed by atoms with van der Waals surface area (Å²) in [6.07, 6.45) is 2.57. The molecule has 0 radical (unpaired) electrons. The Morgan fingerprint density at radius 3 is 2.56 bits per heavy atom. The molecule has 0 spiro atoms. The molecular formula is C14H17NO3. The van der Waals surface area contributed by atoms with E-state index in [1.165, 1.54) is 11.1 Å². The molecule has 4 nitrogen and oxygen atoms in total. The predicted octanol–water partition coefficient (Wildman–Crippen LogP) is 1.60. The monoisotopic (exact) mass is 247 g/mol. The third-order valence-electron chi connectivity index (χ3n) is 2.66. The molecule has 1 rings (SSSR count). The van der Waals surface area contributed by atoms with Gasteiger partial charge in [-0.05, 0) is 37.0 Å². The van der Waals surface area contributed by atoms with Crippen molar-refractivity contribution in [2.24, 2.45) is 0 Å². The van der Waals surface area contributed by atoms with Gasteiger partial charge in [-0.25, -0.2) is 4.79 Å². The van der Waals surface area contributed by atoms with Crippen molar-refractivity contribution in [2.75, 3.05) is 6.54 Å². The molecule has 0 aliphatic rings. The van der Waals surface area contributed by atoms with Crippen LogP contribution in [0.5, 0.6) is 0 Å². The fourth-order valence-corrected chi connectivity index (χ4v) is 1.49. The average Bonchev–Trinajstić information content (AvgIpc) is 2.31. The highest BCUT2D eigenvalue weighted by Gasteiger charge is 1.99. The van der Waals surface area contributed by atoms with Gasteiger partial charge in [0.25, 0.3) is 0 Å². The topological polar surface area (TPSA) is 66.4 Å². The van der Waals surface area contributed by atoms with Crippen molar-refractivity contribution >= 4 is 11.9 Å². The van der Waals surface area contributed by atoms with Crippen molar-refractivity contribution in [2.45, 2.75) is 20.3 Å². The van der Waals surface area contributed by atoms with Crippen LogP contribution in [0.3, 0.4) is 0 Å². The first-order chi connectivity index (χ1) is 8.49. The number of carboxylic acid groups (broad SMARTS) is 1. The normalized spacial score (nSPS) is 10.6. The van der Waals surface area contributed by atoms with Gasteiger partial charge >= 0.3 is 5.97 Å². The summed E-state index contributed by atoms with van der Waals surface area (Å²) in [4.78, 5) is 21.4. The highest BCUT2D eigenvalue weighted by Crippen LogP contribution is 2.09. The number of amides is 1. The molecular weight excluding hydrogens is 230 g/mol. The van der Waals surface area contributed by atoms with Crippen LogP contribution in [0.4, 0.5) is 0 Å². The van der Waals surface area contributed by atoms with Gasteiger partial charge in [-0.1, -0.05) is 18.2 Å². The Morgan fingerprint density at radius 1 is 1.22 bits per heavy atom. The molecule has 0 bridgehead atoms. The van der Waals surface area contributed by atoms with Gasteiger partial charge in [0.15, 0.2) is 0 Å². The number of benzene rings is 1. The maximum Gasteiger partial charge on any atom is 0.328 e. The number of carboxylic acids is 1. The van der Waals surface area contributed by atoms with Crippen LogP contribution in [-0.4, -0.2) is 23.5 Å².